The van der Waals surface area contributed by atoms with E-state index in [1.807, 2.05) is 31.1 Å². The van der Waals surface area contributed by atoms with Crippen LogP contribution in [0.5, 0.6) is 0 Å². The van der Waals surface area contributed by atoms with Gasteiger partial charge in [-0.25, -0.2) is 4.39 Å². The molecule has 0 radical (unpaired) electrons. The summed E-state index contributed by atoms with van der Waals surface area (Å²) in [5, 5.41) is 0. The Morgan fingerprint density at radius 2 is 1.76 bits per heavy atom. The predicted molar refractivity (Wildman–Crippen MR) is 97.2 cm³/mol. The molecule has 2 heterocycles. The van der Waals surface area contributed by atoms with Gasteiger partial charge in [0.05, 0.1) is 11.7 Å². The average Bonchev–Trinajstić information content (AvgIpc) is 2.61. The van der Waals surface area contributed by atoms with Crippen molar-refractivity contribution in [3.63, 3.8) is 0 Å². The average molecular weight is 345 g/mol. The first kappa shape index (κ1) is 17.3. The number of anilines is 3. The number of piperazine rings is 1. The van der Waals surface area contributed by atoms with E-state index in [0.29, 0.717) is 17.5 Å². The van der Waals surface area contributed by atoms with Gasteiger partial charge in [0.2, 0.25) is 11.9 Å². The Morgan fingerprint density at radius 3 is 2.40 bits per heavy atom. The van der Waals surface area contributed by atoms with Crippen LogP contribution in [0.4, 0.5) is 22.0 Å². The summed E-state index contributed by atoms with van der Waals surface area (Å²) in [6.45, 7) is 5.18. The van der Waals surface area contributed by atoms with Crippen molar-refractivity contribution in [2.45, 2.75) is 13.0 Å². The summed E-state index contributed by atoms with van der Waals surface area (Å²) in [4.78, 5) is 19.1. The second kappa shape index (κ2) is 7.18. The van der Waals surface area contributed by atoms with Crippen molar-refractivity contribution >= 4 is 17.6 Å². The number of hydrogen-bond acceptors (Lipinski definition) is 7. The van der Waals surface area contributed by atoms with Crippen LogP contribution >= 0.6 is 0 Å². The molecule has 1 aromatic carbocycles. The molecule has 134 valence electrons. The molecule has 2 aromatic rings. The zero-order chi connectivity index (χ0) is 18.0. The fourth-order valence-corrected chi connectivity index (χ4v) is 3.01. The third kappa shape index (κ3) is 3.79. The number of halogens is 1. The Kier molecular flexibility index (Phi) is 4.98. The zero-order valence-electron chi connectivity index (χ0n) is 14.9. The van der Waals surface area contributed by atoms with Gasteiger partial charge in [-0.15, -0.1) is 0 Å². The second-order valence-corrected chi connectivity index (χ2v) is 6.40. The minimum Gasteiger partial charge on any atom is -0.368 e. The largest absolute Gasteiger partial charge is 0.368 e. The summed E-state index contributed by atoms with van der Waals surface area (Å²) in [6.07, 6.45) is 0. The maximum atomic E-state index is 14.0. The molecule has 8 heteroatoms. The van der Waals surface area contributed by atoms with Crippen molar-refractivity contribution in [3.8, 4) is 0 Å². The molecule has 0 saturated carbocycles. The van der Waals surface area contributed by atoms with Gasteiger partial charge in [0.15, 0.2) is 5.82 Å². The maximum absolute atomic E-state index is 14.0. The van der Waals surface area contributed by atoms with Crippen LogP contribution in [-0.2, 0) is 0 Å². The fraction of sp³-hybridized carbons (Fsp3) is 0.471. The predicted octanol–water partition coefficient (Wildman–Crippen LogP) is 1.54. The zero-order valence-corrected chi connectivity index (χ0v) is 14.9. The SMILES string of the molecule is C[C@H](c1nc(N)nc(N(C)C)n1)N1CCN(c2ccccc2F)CC1. The molecule has 7 nitrogen and oxygen atoms in total. The number of rotatable bonds is 4. The smallest absolute Gasteiger partial charge is 0.229 e. The molecule has 3 rings (SSSR count). The van der Waals surface area contributed by atoms with Gasteiger partial charge in [-0.1, -0.05) is 12.1 Å². The number of nitrogens with two attached hydrogens (primary N) is 1. The van der Waals surface area contributed by atoms with Crippen LogP contribution in [0.15, 0.2) is 24.3 Å². The highest BCUT2D eigenvalue weighted by molar-refractivity contribution is 5.48. The van der Waals surface area contributed by atoms with Crippen LogP contribution in [0.2, 0.25) is 0 Å². The van der Waals surface area contributed by atoms with Crippen LogP contribution in [0.25, 0.3) is 0 Å². The minimum atomic E-state index is -0.176. The van der Waals surface area contributed by atoms with Gasteiger partial charge in [-0.3, -0.25) is 4.90 Å². The van der Waals surface area contributed by atoms with Gasteiger partial charge in [0.25, 0.3) is 0 Å². The molecular formula is C17H24FN7. The summed E-state index contributed by atoms with van der Waals surface area (Å²) >= 11 is 0. The molecule has 2 N–H and O–H groups in total. The summed E-state index contributed by atoms with van der Waals surface area (Å²) in [7, 11) is 3.74. The molecule has 1 fully saturated rings. The fourth-order valence-electron chi connectivity index (χ4n) is 3.01. The van der Waals surface area contributed by atoms with Gasteiger partial charge in [0.1, 0.15) is 5.82 Å². The highest BCUT2D eigenvalue weighted by atomic mass is 19.1. The topological polar surface area (TPSA) is 74.4 Å². The Morgan fingerprint density at radius 1 is 1.08 bits per heavy atom. The Hall–Kier alpha value is -2.48. The molecule has 1 aliphatic heterocycles. The molecule has 1 atom stereocenters. The van der Waals surface area contributed by atoms with E-state index in [-0.39, 0.29) is 17.8 Å². The van der Waals surface area contributed by atoms with E-state index < -0.39 is 0 Å². The van der Waals surface area contributed by atoms with Crippen LogP contribution in [0, 0.1) is 5.82 Å². The van der Waals surface area contributed by atoms with Crippen LogP contribution < -0.4 is 15.5 Å². The molecule has 1 aliphatic rings. The molecular weight excluding hydrogens is 321 g/mol. The lowest BCUT2D eigenvalue weighted by Crippen LogP contribution is -2.47. The van der Waals surface area contributed by atoms with Crippen LogP contribution in [-0.4, -0.2) is 60.1 Å². The number of para-hydroxylation sites is 1. The first-order chi connectivity index (χ1) is 12.0. The number of aromatic nitrogens is 3. The molecule has 0 amide bonds. The van der Waals surface area contributed by atoms with Crippen molar-refractivity contribution in [3.05, 3.63) is 35.9 Å². The quantitative estimate of drug-likeness (QED) is 0.901. The molecule has 1 saturated heterocycles. The molecule has 0 aliphatic carbocycles. The van der Waals surface area contributed by atoms with Crippen molar-refractivity contribution in [2.24, 2.45) is 0 Å². The van der Waals surface area contributed by atoms with Gasteiger partial charge in [-0.2, -0.15) is 15.0 Å². The lowest BCUT2D eigenvalue weighted by molar-refractivity contribution is 0.191. The van der Waals surface area contributed by atoms with E-state index in [0.717, 1.165) is 26.2 Å². The first-order valence-electron chi connectivity index (χ1n) is 8.38. The summed E-state index contributed by atoms with van der Waals surface area (Å²) < 4.78 is 14.0. The Balaban J connectivity index is 1.70. The highest BCUT2D eigenvalue weighted by Crippen LogP contribution is 2.24. The van der Waals surface area contributed by atoms with Crippen molar-refractivity contribution in [1.82, 2.24) is 19.9 Å². The van der Waals surface area contributed by atoms with Gasteiger partial charge < -0.3 is 15.5 Å². The Labute approximate surface area is 147 Å². The monoisotopic (exact) mass is 345 g/mol. The van der Waals surface area contributed by atoms with Crippen molar-refractivity contribution in [1.29, 1.82) is 0 Å². The van der Waals surface area contributed by atoms with Crippen LogP contribution in [0.1, 0.15) is 18.8 Å². The number of hydrogen-bond donors (Lipinski definition) is 1. The number of nitrogens with zero attached hydrogens (tertiary/aromatic N) is 6. The molecule has 0 bridgehead atoms. The number of nitrogen functional groups attached to an aromatic ring is 1. The minimum absolute atomic E-state index is 0.0202. The van der Waals surface area contributed by atoms with Crippen molar-refractivity contribution in [2.75, 3.05) is 55.8 Å². The normalized spacial score (nSPS) is 16.7. The summed E-state index contributed by atoms with van der Waals surface area (Å²) in [6, 6.07) is 6.92. The van der Waals surface area contributed by atoms with Gasteiger partial charge in [-0.05, 0) is 19.1 Å². The van der Waals surface area contributed by atoms with E-state index in [2.05, 4.69) is 31.7 Å². The molecule has 0 unspecified atom stereocenters. The molecule has 1 aromatic heterocycles. The van der Waals surface area contributed by atoms with E-state index in [1.165, 1.54) is 6.07 Å². The van der Waals surface area contributed by atoms with E-state index in [4.69, 9.17) is 5.73 Å². The Bertz CT molecular complexity index is 729. The van der Waals surface area contributed by atoms with Crippen LogP contribution in [0.3, 0.4) is 0 Å². The van der Waals surface area contributed by atoms with E-state index >= 15 is 0 Å². The lowest BCUT2D eigenvalue weighted by atomic mass is 10.2. The molecule has 0 spiro atoms. The third-order valence-electron chi connectivity index (χ3n) is 4.49. The second-order valence-electron chi connectivity index (χ2n) is 6.40. The van der Waals surface area contributed by atoms with E-state index in [1.54, 1.807) is 6.07 Å². The van der Waals surface area contributed by atoms with E-state index in [9.17, 15) is 4.39 Å². The number of benzene rings is 1. The van der Waals surface area contributed by atoms with Crippen molar-refractivity contribution < 1.29 is 4.39 Å². The maximum Gasteiger partial charge on any atom is 0.229 e. The summed E-state index contributed by atoms with van der Waals surface area (Å²) in [5.74, 6) is 1.27. The molecule has 25 heavy (non-hydrogen) atoms. The highest BCUT2D eigenvalue weighted by Gasteiger charge is 2.25. The third-order valence-corrected chi connectivity index (χ3v) is 4.49. The van der Waals surface area contributed by atoms with Gasteiger partial charge >= 0.3 is 0 Å². The lowest BCUT2D eigenvalue weighted by Gasteiger charge is -2.38. The summed E-state index contributed by atoms with van der Waals surface area (Å²) in [5.41, 5.74) is 6.48. The standard InChI is InChI=1S/C17H24FN7/c1-12(15-20-16(19)22-17(21-15)23(2)3)24-8-10-25(11-9-24)14-7-5-4-6-13(14)18/h4-7,12H,8-11H2,1-3H3,(H2,19,20,21,22)/t12-/m1/s1. The first-order valence-corrected chi connectivity index (χ1v) is 8.38. The van der Waals surface area contributed by atoms with Gasteiger partial charge in [0, 0.05) is 40.3 Å².